The van der Waals surface area contributed by atoms with Crippen molar-refractivity contribution in [3.05, 3.63) is 65.9 Å². The van der Waals surface area contributed by atoms with Gasteiger partial charge in [-0.3, -0.25) is 4.79 Å². The molecule has 3 aromatic rings. The summed E-state index contributed by atoms with van der Waals surface area (Å²) in [7, 11) is 0. The number of benzene rings is 2. The number of ether oxygens (including phenoxy) is 1. The molecule has 156 valence electrons. The number of aromatic nitrogens is 2. The molecular formula is C21H17F4N3O2. The van der Waals surface area contributed by atoms with Crippen molar-refractivity contribution in [2.45, 2.75) is 25.1 Å². The van der Waals surface area contributed by atoms with Gasteiger partial charge >= 0.3 is 6.36 Å². The van der Waals surface area contributed by atoms with Crippen LogP contribution < -0.4 is 4.74 Å². The van der Waals surface area contributed by atoms with Gasteiger partial charge in [0.25, 0.3) is 5.91 Å². The summed E-state index contributed by atoms with van der Waals surface area (Å²) in [5.74, 6) is -1.04. The van der Waals surface area contributed by atoms with Crippen LogP contribution in [0.1, 0.15) is 34.8 Å². The predicted octanol–water partition coefficient (Wildman–Crippen LogP) is 4.69. The first kappa shape index (κ1) is 20.1. The first-order chi connectivity index (χ1) is 14.3. The lowest BCUT2D eigenvalue weighted by Gasteiger charge is -2.32. The van der Waals surface area contributed by atoms with E-state index in [1.807, 2.05) is 0 Å². The van der Waals surface area contributed by atoms with Gasteiger partial charge in [-0.25, -0.2) is 14.4 Å². The Balaban J connectivity index is 1.44. The third-order valence-corrected chi connectivity index (χ3v) is 5.15. The van der Waals surface area contributed by atoms with Crippen LogP contribution >= 0.6 is 0 Å². The van der Waals surface area contributed by atoms with Gasteiger partial charge in [0.1, 0.15) is 17.9 Å². The number of fused-ring (bicyclic) bond motifs is 1. The topological polar surface area (TPSA) is 55.3 Å². The normalized spacial score (nSPS) is 15.4. The van der Waals surface area contributed by atoms with E-state index in [1.54, 1.807) is 17.0 Å². The summed E-state index contributed by atoms with van der Waals surface area (Å²) in [6.45, 7) is 0.870. The summed E-state index contributed by atoms with van der Waals surface area (Å²) in [6, 6.07) is 9.55. The molecule has 2 heterocycles. The van der Waals surface area contributed by atoms with E-state index in [2.05, 4.69) is 14.7 Å². The smallest absolute Gasteiger partial charge is 0.406 e. The number of alkyl halides is 3. The number of likely N-dealkylation sites (tertiary alicyclic amines) is 1. The molecule has 0 aliphatic carbocycles. The summed E-state index contributed by atoms with van der Waals surface area (Å²) in [6.07, 6.45) is -2.17. The number of amides is 1. The minimum Gasteiger partial charge on any atom is -0.406 e. The maximum atomic E-state index is 14.3. The zero-order valence-electron chi connectivity index (χ0n) is 15.7. The molecule has 0 N–H and O–H groups in total. The average Bonchev–Trinajstić information content (AvgIpc) is 2.73. The zero-order valence-corrected chi connectivity index (χ0v) is 15.7. The third kappa shape index (κ3) is 4.19. The van der Waals surface area contributed by atoms with Crippen molar-refractivity contribution in [2.75, 3.05) is 13.1 Å². The second-order valence-electron chi connectivity index (χ2n) is 7.03. The van der Waals surface area contributed by atoms with E-state index in [0.717, 1.165) is 12.1 Å². The zero-order chi connectivity index (χ0) is 21.3. The molecular weight excluding hydrogens is 402 g/mol. The Hall–Kier alpha value is -3.23. The number of carbonyl (C=O) groups excluding carboxylic acids is 1. The molecule has 30 heavy (non-hydrogen) atoms. The standard InChI is InChI=1S/C21H17F4N3O2/c22-16-2-1-3-17-18(16)19(27-12-26-17)13-8-10-28(11-9-13)20(29)14-4-6-15(7-5-14)30-21(23,24)25/h1-7,12-13H,8-11H2. The summed E-state index contributed by atoms with van der Waals surface area (Å²) in [4.78, 5) is 22.7. The van der Waals surface area contributed by atoms with Crippen LogP contribution in [0.3, 0.4) is 0 Å². The SMILES string of the molecule is O=C(c1ccc(OC(F)(F)F)cc1)N1CCC(c2ncnc3cccc(F)c23)CC1. The third-order valence-electron chi connectivity index (χ3n) is 5.15. The molecule has 1 aliphatic heterocycles. The Morgan fingerprint density at radius 3 is 2.40 bits per heavy atom. The fourth-order valence-electron chi connectivity index (χ4n) is 3.74. The van der Waals surface area contributed by atoms with Gasteiger partial charge in [0.05, 0.1) is 16.6 Å². The molecule has 0 saturated carbocycles. The fraction of sp³-hybridized carbons (Fsp3) is 0.286. The van der Waals surface area contributed by atoms with Crippen LogP contribution in [0.4, 0.5) is 17.6 Å². The van der Waals surface area contributed by atoms with Crippen LogP contribution in [0.5, 0.6) is 5.75 Å². The molecule has 1 aliphatic rings. The van der Waals surface area contributed by atoms with E-state index >= 15 is 0 Å². The average molecular weight is 419 g/mol. The van der Waals surface area contributed by atoms with Crippen LogP contribution in [-0.4, -0.2) is 40.2 Å². The fourth-order valence-corrected chi connectivity index (χ4v) is 3.74. The highest BCUT2D eigenvalue weighted by molar-refractivity contribution is 5.94. The molecule has 1 saturated heterocycles. The van der Waals surface area contributed by atoms with Crippen LogP contribution in [-0.2, 0) is 0 Å². The number of hydrogen-bond acceptors (Lipinski definition) is 4. The number of rotatable bonds is 3. The first-order valence-corrected chi connectivity index (χ1v) is 9.36. The van der Waals surface area contributed by atoms with Crippen LogP contribution in [0.2, 0.25) is 0 Å². The highest BCUT2D eigenvalue weighted by atomic mass is 19.4. The molecule has 5 nitrogen and oxygen atoms in total. The van der Waals surface area contributed by atoms with Gasteiger partial charge in [-0.2, -0.15) is 0 Å². The van der Waals surface area contributed by atoms with Crippen LogP contribution in [0, 0.1) is 5.82 Å². The first-order valence-electron chi connectivity index (χ1n) is 9.36. The van der Waals surface area contributed by atoms with E-state index in [4.69, 9.17) is 0 Å². The molecule has 0 bridgehead atoms. The summed E-state index contributed by atoms with van der Waals surface area (Å²) in [5, 5.41) is 0.407. The Labute approximate surface area is 169 Å². The van der Waals surface area contributed by atoms with Gasteiger partial charge in [-0.05, 0) is 49.2 Å². The molecule has 2 aromatic carbocycles. The molecule has 0 atom stereocenters. The van der Waals surface area contributed by atoms with Gasteiger partial charge in [-0.1, -0.05) is 6.07 Å². The van der Waals surface area contributed by atoms with Gasteiger partial charge < -0.3 is 9.64 Å². The lowest BCUT2D eigenvalue weighted by atomic mass is 9.90. The van der Waals surface area contributed by atoms with Crippen molar-refractivity contribution >= 4 is 16.8 Å². The summed E-state index contributed by atoms with van der Waals surface area (Å²) >= 11 is 0. The molecule has 1 amide bonds. The maximum absolute atomic E-state index is 14.3. The largest absolute Gasteiger partial charge is 0.573 e. The van der Waals surface area contributed by atoms with Gasteiger partial charge in [-0.15, -0.1) is 13.2 Å². The van der Waals surface area contributed by atoms with Crippen molar-refractivity contribution < 1.29 is 27.1 Å². The van der Waals surface area contributed by atoms with Crippen molar-refractivity contribution in [3.8, 4) is 5.75 Å². The highest BCUT2D eigenvalue weighted by Crippen LogP contribution is 2.32. The minimum atomic E-state index is -4.78. The summed E-state index contributed by atoms with van der Waals surface area (Å²) < 4.78 is 54.9. The van der Waals surface area contributed by atoms with Crippen molar-refractivity contribution in [3.63, 3.8) is 0 Å². The number of hydrogen-bond donors (Lipinski definition) is 0. The van der Waals surface area contributed by atoms with Crippen LogP contribution in [0.25, 0.3) is 10.9 Å². The Morgan fingerprint density at radius 1 is 1.03 bits per heavy atom. The lowest BCUT2D eigenvalue weighted by molar-refractivity contribution is -0.274. The molecule has 0 unspecified atom stereocenters. The lowest BCUT2D eigenvalue weighted by Crippen LogP contribution is -2.38. The highest BCUT2D eigenvalue weighted by Gasteiger charge is 2.31. The van der Waals surface area contributed by atoms with E-state index in [9.17, 15) is 22.4 Å². The molecule has 4 rings (SSSR count). The second-order valence-corrected chi connectivity index (χ2v) is 7.03. The Morgan fingerprint density at radius 2 is 1.73 bits per heavy atom. The molecule has 9 heteroatoms. The van der Waals surface area contributed by atoms with Gasteiger partial charge in [0.15, 0.2) is 0 Å². The quantitative estimate of drug-likeness (QED) is 0.578. The van der Waals surface area contributed by atoms with E-state index in [-0.39, 0.29) is 29.0 Å². The molecule has 1 aromatic heterocycles. The van der Waals surface area contributed by atoms with Gasteiger partial charge in [0, 0.05) is 24.6 Å². The van der Waals surface area contributed by atoms with Crippen molar-refractivity contribution in [2.24, 2.45) is 0 Å². The van der Waals surface area contributed by atoms with Gasteiger partial charge in [0.2, 0.25) is 0 Å². The second kappa shape index (κ2) is 7.89. The Kier molecular flexibility index (Phi) is 5.27. The number of carbonyl (C=O) groups is 1. The molecule has 0 spiro atoms. The van der Waals surface area contributed by atoms with E-state index in [1.165, 1.54) is 24.5 Å². The van der Waals surface area contributed by atoms with Crippen LogP contribution in [0.15, 0.2) is 48.8 Å². The monoisotopic (exact) mass is 419 g/mol. The van der Waals surface area contributed by atoms with E-state index < -0.39 is 6.36 Å². The summed E-state index contributed by atoms with van der Waals surface area (Å²) in [5.41, 5.74) is 1.46. The maximum Gasteiger partial charge on any atom is 0.573 e. The predicted molar refractivity (Wildman–Crippen MR) is 100 cm³/mol. The number of nitrogens with zero attached hydrogens (tertiary/aromatic N) is 3. The molecule has 0 radical (unpaired) electrons. The Bertz CT molecular complexity index is 1060. The minimum absolute atomic E-state index is 0.0148. The number of halogens is 4. The van der Waals surface area contributed by atoms with Crippen molar-refractivity contribution in [1.29, 1.82) is 0 Å². The number of piperidine rings is 1. The van der Waals surface area contributed by atoms with E-state index in [0.29, 0.717) is 42.5 Å². The molecule has 1 fully saturated rings. The van der Waals surface area contributed by atoms with Crippen molar-refractivity contribution in [1.82, 2.24) is 14.9 Å².